The van der Waals surface area contributed by atoms with E-state index in [4.69, 9.17) is 21.4 Å². The van der Waals surface area contributed by atoms with Gasteiger partial charge < -0.3 is 20.3 Å². The smallest absolute Gasteiger partial charge is 0.341 e. The monoisotopic (exact) mass is 489 g/mol. The Labute approximate surface area is 197 Å². The summed E-state index contributed by atoms with van der Waals surface area (Å²) < 4.78 is 31.2. The highest BCUT2D eigenvalue weighted by molar-refractivity contribution is 7.91. The SMILES string of the molecule is O=C(O)COc1cccc(S(=O)(=O)c2cccc(CCNC[C@@H](O)c3cccc(Cl)c3)c2)c1. The van der Waals surface area contributed by atoms with E-state index in [9.17, 15) is 18.3 Å². The molecule has 0 aliphatic rings. The number of aliphatic carboxylic acids is 1. The maximum Gasteiger partial charge on any atom is 0.341 e. The first-order valence-corrected chi connectivity index (χ1v) is 12.0. The molecule has 3 aromatic carbocycles. The fourth-order valence-corrected chi connectivity index (χ4v) is 4.75. The summed E-state index contributed by atoms with van der Waals surface area (Å²) in [6.07, 6.45) is -0.140. The maximum atomic E-state index is 13.0. The van der Waals surface area contributed by atoms with Gasteiger partial charge in [-0.3, -0.25) is 0 Å². The average Bonchev–Trinajstić information content (AvgIpc) is 2.81. The molecule has 3 N–H and O–H groups in total. The van der Waals surface area contributed by atoms with Crippen molar-refractivity contribution in [2.24, 2.45) is 0 Å². The van der Waals surface area contributed by atoms with Crippen LogP contribution >= 0.6 is 11.6 Å². The molecule has 3 rings (SSSR count). The Hall–Kier alpha value is -2.91. The lowest BCUT2D eigenvalue weighted by Crippen LogP contribution is -2.23. The van der Waals surface area contributed by atoms with Crippen LogP contribution in [0.15, 0.2) is 82.6 Å². The van der Waals surface area contributed by atoms with Crippen LogP contribution in [0.1, 0.15) is 17.2 Å². The topological polar surface area (TPSA) is 113 Å². The van der Waals surface area contributed by atoms with Gasteiger partial charge in [0.1, 0.15) is 5.75 Å². The summed E-state index contributed by atoms with van der Waals surface area (Å²) in [7, 11) is -3.81. The number of aliphatic hydroxyl groups excluding tert-OH is 1. The molecule has 174 valence electrons. The van der Waals surface area contributed by atoms with Crippen LogP contribution in [0.4, 0.5) is 0 Å². The number of ether oxygens (including phenoxy) is 1. The van der Waals surface area contributed by atoms with Gasteiger partial charge >= 0.3 is 5.97 Å². The molecule has 0 unspecified atom stereocenters. The summed E-state index contributed by atoms with van der Waals surface area (Å²) in [5.41, 5.74) is 1.54. The van der Waals surface area contributed by atoms with Crippen molar-refractivity contribution in [1.29, 1.82) is 0 Å². The normalized spacial score (nSPS) is 12.3. The number of hydrogen-bond acceptors (Lipinski definition) is 6. The largest absolute Gasteiger partial charge is 0.482 e. The summed E-state index contributed by atoms with van der Waals surface area (Å²) in [4.78, 5) is 10.8. The zero-order valence-electron chi connectivity index (χ0n) is 17.6. The van der Waals surface area contributed by atoms with Crippen molar-refractivity contribution in [2.45, 2.75) is 22.3 Å². The highest BCUT2D eigenvalue weighted by Crippen LogP contribution is 2.25. The van der Waals surface area contributed by atoms with Crippen LogP contribution < -0.4 is 10.1 Å². The van der Waals surface area contributed by atoms with E-state index in [1.165, 1.54) is 30.3 Å². The van der Waals surface area contributed by atoms with Gasteiger partial charge in [-0.05, 0) is 66.6 Å². The van der Waals surface area contributed by atoms with Crippen LogP contribution in [0.2, 0.25) is 5.02 Å². The third kappa shape index (κ3) is 7.03. The predicted molar refractivity (Wildman–Crippen MR) is 124 cm³/mol. The number of hydrogen-bond donors (Lipinski definition) is 3. The maximum absolute atomic E-state index is 13.0. The Balaban J connectivity index is 1.62. The third-order valence-electron chi connectivity index (χ3n) is 4.85. The fourth-order valence-electron chi connectivity index (χ4n) is 3.18. The molecule has 0 spiro atoms. The summed E-state index contributed by atoms with van der Waals surface area (Å²) in [6.45, 7) is 0.319. The van der Waals surface area contributed by atoms with Gasteiger partial charge in [-0.2, -0.15) is 0 Å². The molecule has 0 saturated carbocycles. The van der Waals surface area contributed by atoms with Gasteiger partial charge in [-0.25, -0.2) is 13.2 Å². The molecule has 0 heterocycles. The minimum atomic E-state index is -3.81. The number of benzene rings is 3. The number of halogens is 1. The summed E-state index contributed by atoms with van der Waals surface area (Å²) in [6, 6.07) is 19.4. The first kappa shape index (κ1) is 24.7. The highest BCUT2D eigenvalue weighted by atomic mass is 35.5. The zero-order valence-corrected chi connectivity index (χ0v) is 19.2. The van der Waals surface area contributed by atoms with Gasteiger partial charge in [0.25, 0.3) is 0 Å². The Kier molecular flexibility index (Phi) is 8.46. The van der Waals surface area contributed by atoms with E-state index >= 15 is 0 Å². The molecule has 0 aliphatic carbocycles. The minimum Gasteiger partial charge on any atom is -0.482 e. The molecule has 9 heteroatoms. The lowest BCUT2D eigenvalue weighted by Gasteiger charge is -2.13. The fraction of sp³-hybridized carbons (Fsp3) is 0.208. The van der Waals surface area contributed by atoms with Crippen molar-refractivity contribution in [1.82, 2.24) is 5.32 Å². The quantitative estimate of drug-likeness (QED) is 0.353. The standard InChI is InChI=1S/C24H24ClNO6S/c25-19-6-2-5-18(13-19)23(27)15-26-11-10-17-4-1-8-21(12-17)33(30,31)22-9-3-7-20(14-22)32-16-24(28)29/h1-9,12-14,23,26-27H,10-11,15-16H2,(H,28,29)/t23-/m1/s1. The molecule has 7 nitrogen and oxygen atoms in total. The van der Waals surface area contributed by atoms with Crippen molar-refractivity contribution in [3.05, 3.63) is 88.9 Å². The van der Waals surface area contributed by atoms with E-state index in [0.29, 0.717) is 24.5 Å². The Morgan fingerprint density at radius 1 is 1.00 bits per heavy atom. The second-order valence-electron chi connectivity index (χ2n) is 7.33. The average molecular weight is 490 g/mol. The van der Waals surface area contributed by atoms with Gasteiger partial charge in [0, 0.05) is 11.6 Å². The number of rotatable bonds is 11. The molecule has 0 bridgehead atoms. The molecule has 0 fully saturated rings. The van der Waals surface area contributed by atoms with Crippen molar-refractivity contribution >= 4 is 27.4 Å². The van der Waals surface area contributed by atoms with Crippen LogP contribution in [0.5, 0.6) is 5.75 Å². The molecule has 0 radical (unpaired) electrons. The van der Waals surface area contributed by atoms with Gasteiger partial charge in [0.15, 0.2) is 6.61 Å². The summed E-state index contributed by atoms with van der Waals surface area (Å²) in [5, 5.41) is 22.7. The van der Waals surface area contributed by atoms with E-state index in [1.54, 1.807) is 36.4 Å². The van der Waals surface area contributed by atoms with E-state index in [1.807, 2.05) is 6.07 Å². The summed E-state index contributed by atoms with van der Waals surface area (Å²) in [5.74, 6) is -0.984. The molecule has 0 aromatic heterocycles. The zero-order chi connectivity index (χ0) is 23.8. The van der Waals surface area contributed by atoms with Crippen LogP contribution in [-0.4, -0.2) is 44.3 Å². The molecule has 3 aromatic rings. The Morgan fingerprint density at radius 2 is 1.70 bits per heavy atom. The van der Waals surface area contributed by atoms with Crippen LogP contribution in [0, 0.1) is 0 Å². The first-order valence-electron chi connectivity index (χ1n) is 10.2. The number of carbonyl (C=O) groups is 1. The molecule has 1 atom stereocenters. The van der Waals surface area contributed by atoms with Crippen molar-refractivity contribution in [3.63, 3.8) is 0 Å². The minimum absolute atomic E-state index is 0.0188. The van der Waals surface area contributed by atoms with E-state index in [0.717, 1.165) is 11.1 Å². The second kappa shape index (κ2) is 11.3. The number of aliphatic hydroxyl groups is 1. The van der Waals surface area contributed by atoms with Crippen molar-refractivity contribution < 1.29 is 28.2 Å². The van der Waals surface area contributed by atoms with Crippen LogP contribution in [0.25, 0.3) is 0 Å². The van der Waals surface area contributed by atoms with Crippen molar-refractivity contribution in [2.75, 3.05) is 19.7 Å². The molecule has 0 aliphatic heterocycles. The lowest BCUT2D eigenvalue weighted by atomic mass is 10.1. The highest BCUT2D eigenvalue weighted by Gasteiger charge is 2.19. The van der Waals surface area contributed by atoms with Gasteiger partial charge in [-0.15, -0.1) is 0 Å². The van der Waals surface area contributed by atoms with Gasteiger partial charge in [0.2, 0.25) is 9.84 Å². The van der Waals surface area contributed by atoms with E-state index in [-0.39, 0.29) is 15.5 Å². The van der Waals surface area contributed by atoms with Crippen molar-refractivity contribution in [3.8, 4) is 5.75 Å². The van der Waals surface area contributed by atoms with E-state index in [2.05, 4.69) is 5.32 Å². The Bertz CT molecular complexity index is 1210. The third-order valence-corrected chi connectivity index (χ3v) is 6.83. The number of carboxylic acid groups (broad SMARTS) is 1. The molecule has 0 amide bonds. The molecule has 33 heavy (non-hydrogen) atoms. The van der Waals surface area contributed by atoms with Crippen LogP contribution in [0.3, 0.4) is 0 Å². The van der Waals surface area contributed by atoms with Gasteiger partial charge in [0.05, 0.1) is 15.9 Å². The number of sulfone groups is 1. The lowest BCUT2D eigenvalue weighted by molar-refractivity contribution is -0.139. The molecular weight excluding hydrogens is 466 g/mol. The first-order chi connectivity index (χ1) is 15.8. The Morgan fingerprint density at radius 3 is 2.42 bits per heavy atom. The number of carboxylic acids is 1. The summed E-state index contributed by atoms with van der Waals surface area (Å²) >= 11 is 5.95. The number of nitrogens with one attached hydrogen (secondary N) is 1. The molecular formula is C24H24ClNO6S. The molecule has 0 saturated heterocycles. The predicted octanol–water partition coefficient (Wildman–Crippen LogP) is 3.50. The van der Waals surface area contributed by atoms with Crippen LogP contribution in [-0.2, 0) is 21.1 Å². The van der Waals surface area contributed by atoms with E-state index < -0.39 is 28.5 Å². The van der Waals surface area contributed by atoms with Gasteiger partial charge in [-0.1, -0.05) is 41.9 Å². The second-order valence-corrected chi connectivity index (χ2v) is 9.72.